The number of unbranched alkanes of at least 4 members (excludes halogenated alkanes) is 9. The molecule has 214 valence electrons. The van der Waals surface area contributed by atoms with Crippen molar-refractivity contribution >= 4 is 5.91 Å². The number of rotatable bonds is 17. The van der Waals surface area contributed by atoms with Gasteiger partial charge in [-0.25, -0.2) is 4.57 Å². The van der Waals surface area contributed by atoms with E-state index in [1.54, 1.807) is 6.92 Å². The van der Waals surface area contributed by atoms with Gasteiger partial charge in [0.2, 0.25) is 5.91 Å². The highest BCUT2D eigenvalue weighted by atomic mass is 127. The van der Waals surface area contributed by atoms with Crippen LogP contribution in [0.1, 0.15) is 122 Å². The normalized spacial score (nSPS) is 11.2. The van der Waals surface area contributed by atoms with Gasteiger partial charge in [-0.15, -0.1) is 0 Å². The summed E-state index contributed by atoms with van der Waals surface area (Å²) in [6, 6.07) is 10.7. The molecule has 0 aliphatic rings. The van der Waals surface area contributed by atoms with Crippen molar-refractivity contribution in [1.82, 2.24) is 4.90 Å². The molecular weight excluding hydrogens is 583 g/mol. The first-order valence-corrected chi connectivity index (χ1v) is 14.7. The molecule has 1 aromatic carbocycles. The zero-order valence-electron chi connectivity index (χ0n) is 25.0. The minimum absolute atomic E-state index is 0. The summed E-state index contributed by atoms with van der Waals surface area (Å²) in [5, 5.41) is 0. The fraction of sp³-hybridized carbons (Fsp3) is 0.636. The van der Waals surface area contributed by atoms with E-state index in [2.05, 4.69) is 81.9 Å². The first kappa shape index (κ1) is 34.4. The van der Waals surface area contributed by atoms with Gasteiger partial charge < -0.3 is 33.6 Å². The van der Waals surface area contributed by atoms with Gasteiger partial charge in [-0.3, -0.25) is 4.79 Å². The number of halogens is 1. The summed E-state index contributed by atoms with van der Waals surface area (Å²) in [7, 11) is 0. The van der Waals surface area contributed by atoms with Crippen molar-refractivity contribution < 1.29 is 38.1 Å². The second kappa shape index (κ2) is 18.6. The van der Waals surface area contributed by atoms with E-state index < -0.39 is 0 Å². The number of aryl methyl sites for hydroxylation is 1. The van der Waals surface area contributed by atoms with E-state index in [4.69, 9.17) is 4.74 Å². The summed E-state index contributed by atoms with van der Waals surface area (Å²) in [6.07, 6.45) is 17.4. The van der Waals surface area contributed by atoms with Gasteiger partial charge in [-0.1, -0.05) is 91.5 Å². The van der Waals surface area contributed by atoms with E-state index in [1.165, 1.54) is 63.4 Å². The van der Waals surface area contributed by atoms with E-state index in [9.17, 15) is 4.79 Å². The van der Waals surface area contributed by atoms with Gasteiger partial charge in [0.05, 0.1) is 6.61 Å². The summed E-state index contributed by atoms with van der Waals surface area (Å²) < 4.78 is 8.41. The minimum Gasteiger partial charge on any atom is -1.00 e. The van der Waals surface area contributed by atoms with E-state index in [0.717, 1.165) is 36.4 Å². The second-order valence-electron chi connectivity index (χ2n) is 11.5. The number of aromatic nitrogens is 1. The fourth-order valence-corrected chi connectivity index (χ4v) is 4.68. The van der Waals surface area contributed by atoms with Crippen LogP contribution < -0.4 is 33.3 Å². The number of pyridine rings is 1. The number of amides is 1. The lowest BCUT2D eigenvalue weighted by Crippen LogP contribution is -3.00. The van der Waals surface area contributed by atoms with Crippen LogP contribution in [0.15, 0.2) is 42.7 Å². The zero-order chi connectivity index (χ0) is 27.1. The number of ether oxygens (including phenoxy) is 1. The Labute approximate surface area is 250 Å². The first-order valence-electron chi connectivity index (χ1n) is 14.7. The minimum atomic E-state index is -0.0304. The molecule has 0 fully saturated rings. The van der Waals surface area contributed by atoms with Crippen molar-refractivity contribution in [2.24, 2.45) is 0 Å². The Kier molecular flexibility index (Phi) is 16.9. The molecule has 0 aliphatic heterocycles. The van der Waals surface area contributed by atoms with Gasteiger partial charge in [0.15, 0.2) is 12.4 Å². The molecule has 0 bridgehead atoms. The Morgan fingerprint density at radius 3 is 1.89 bits per heavy atom. The molecule has 38 heavy (non-hydrogen) atoms. The average molecular weight is 637 g/mol. The summed E-state index contributed by atoms with van der Waals surface area (Å²) in [5.74, 6) is 1.07. The maximum atomic E-state index is 12.4. The lowest BCUT2D eigenvalue weighted by atomic mass is 9.85. The first-order chi connectivity index (χ1) is 17.7. The van der Waals surface area contributed by atoms with Gasteiger partial charge >= 0.3 is 0 Å². The van der Waals surface area contributed by atoms with Crippen molar-refractivity contribution in [3.8, 4) is 5.75 Å². The molecule has 0 aliphatic carbocycles. The van der Waals surface area contributed by atoms with E-state index >= 15 is 0 Å². The third kappa shape index (κ3) is 12.9. The third-order valence-corrected chi connectivity index (χ3v) is 7.12. The van der Waals surface area contributed by atoms with Gasteiger partial charge in [0.25, 0.3) is 0 Å². The van der Waals surface area contributed by atoms with Gasteiger partial charge in [-0.2, -0.15) is 0 Å². The molecule has 0 radical (unpaired) electrons. The molecular formula is C33H53IN2O2. The Hall–Kier alpha value is -1.63. The van der Waals surface area contributed by atoms with Crippen LogP contribution in [0.25, 0.3) is 0 Å². The summed E-state index contributed by atoms with van der Waals surface area (Å²) in [6.45, 7) is 15.7. The molecule has 5 heteroatoms. The molecule has 1 aromatic heterocycles. The van der Waals surface area contributed by atoms with E-state index in [-0.39, 0.29) is 35.3 Å². The van der Waals surface area contributed by atoms with E-state index in [1.807, 2.05) is 4.90 Å². The Morgan fingerprint density at radius 2 is 1.37 bits per heavy atom. The maximum absolute atomic E-state index is 12.4. The zero-order valence-corrected chi connectivity index (χ0v) is 27.2. The average Bonchev–Trinajstić information content (AvgIpc) is 2.87. The Bertz CT molecular complexity index is 922. The molecule has 0 atom stereocenters. The van der Waals surface area contributed by atoms with Crippen LogP contribution in [0.5, 0.6) is 5.75 Å². The highest BCUT2D eigenvalue weighted by molar-refractivity contribution is 5.73. The maximum Gasteiger partial charge on any atom is 0.220 e. The number of carbonyl (C=O) groups is 1. The van der Waals surface area contributed by atoms with E-state index in [0.29, 0.717) is 13.1 Å². The van der Waals surface area contributed by atoms with Crippen molar-refractivity contribution in [3.05, 3.63) is 59.4 Å². The fourth-order valence-electron chi connectivity index (χ4n) is 4.68. The Morgan fingerprint density at radius 1 is 0.816 bits per heavy atom. The number of benzene rings is 1. The number of hydrogen-bond acceptors (Lipinski definition) is 2. The van der Waals surface area contributed by atoms with Gasteiger partial charge in [0.1, 0.15) is 12.3 Å². The van der Waals surface area contributed by atoms with Crippen LogP contribution in [0.3, 0.4) is 0 Å². The molecule has 0 N–H and O–H groups in total. The monoisotopic (exact) mass is 636 g/mol. The topological polar surface area (TPSA) is 33.4 Å². The lowest BCUT2D eigenvalue weighted by Gasteiger charge is -2.26. The van der Waals surface area contributed by atoms with Crippen LogP contribution >= 0.6 is 0 Å². The molecule has 0 saturated heterocycles. The van der Waals surface area contributed by atoms with Gasteiger partial charge in [-0.05, 0) is 47.6 Å². The van der Waals surface area contributed by atoms with Crippen LogP contribution in [0.4, 0.5) is 0 Å². The summed E-state index contributed by atoms with van der Waals surface area (Å²) in [4.78, 5) is 14.4. The smallest absolute Gasteiger partial charge is 0.220 e. The third-order valence-electron chi connectivity index (χ3n) is 7.12. The standard InChI is InChI=1S/C33H53N2O2.HI/c1-7-9-10-11-12-13-14-15-16-17-24-37-32-19-18-30(25-31(32)33(4,5)6)27-35(28(3)36)26-29-20-22-34(8-2)23-21-29;/h18-23,25H,7-17,24,26-27H2,1-6H3;1H/q+1;/p-1. The molecule has 4 nitrogen and oxygen atoms in total. The highest BCUT2D eigenvalue weighted by Crippen LogP contribution is 2.33. The van der Waals surface area contributed by atoms with Crippen LogP contribution in [-0.4, -0.2) is 17.4 Å². The molecule has 0 spiro atoms. The second-order valence-corrected chi connectivity index (χ2v) is 11.5. The van der Waals surface area contributed by atoms with Crippen molar-refractivity contribution in [3.63, 3.8) is 0 Å². The SMILES string of the molecule is CCCCCCCCCCCCOc1ccc(CN(Cc2cc[n+](CC)cc2)C(C)=O)cc1C(C)(C)C.[I-]. The van der Waals surface area contributed by atoms with Crippen molar-refractivity contribution in [2.75, 3.05) is 6.61 Å². The molecule has 1 amide bonds. The highest BCUT2D eigenvalue weighted by Gasteiger charge is 2.21. The largest absolute Gasteiger partial charge is 1.00 e. The molecule has 1 heterocycles. The quantitative estimate of drug-likeness (QED) is 0.137. The predicted octanol–water partition coefficient (Wildman–Crippen LogP) is 5.14. The molecule has 0 saturated carbocycles. The number of nitrogens with zero attached hydrogens (tertiary/aromatic N) is 2. The van der Waals surface area contributed by atoms with Crippen molar-refractivity contribution in [1.29, 1.82) is 0 Å². The molecule has 2 aromatic rings. The van der Waals surface area contributed by atoms with Crippen LogP contribution in [-0.2, 0) is 29.8 Å². The lowest BCUT2D eigenvalue weighted by molar-refractivity contribution is -0.693. The summed E-state index contributed by atoms with van der Waals surface area (Å²) >= 11 is 0. The molecule has 0 unspecified atom stereocenters. The predicted molar refractivity (Wildman–Crippen MR) is 155 cm³/mol. The van der Waals surface area contributed by atoms with Crippen molar-refractivity contribution in [2.45, 2.75) is 131 Å². The van der Waals surface area contributed by atoms with Crippen LogP contribution in [0.2, 0.25) is 0 Å². The number of hydrogen-bond donors (Lipinski definition) is 0. The van der Waals surface area contributed by atoms with Gasteiger partial charge in [0, 0.05) is 32.1 Å². The Balaban J connectivity index is 0.00000722. The molecule has 2 rings (SSSR count). The summed E-state index contributed by atoms with van der Waals surface area (Å²) in [5.41, 5.74) is 3.47. The van der Waals surface area contributed by atoms with Crippen LogP contribution in [0, 0.1) is 0 Å². The number of carbonyl (C=O) groups excluding carboxylic acids is 1.